The van der Waals surface area contributed by atoms with Crippen LogP contribution in [0, 0.1) is 0 Å². The van der Waals surface area contributed by atoms with Gasteiger partial charge < -0.3 is 15.1 Å². The molecule has 6 heteroatoms. The summed E-state index contributed by atoms with van der Waals surface area (Å²) < 4.78 is 0. The minimum absolute atomic E-state index is 0.00907. The van der Waals surface area contributed by atoms with Gasteiger partial charge in [0.05, 0.1) is 12.6 Å². The molecule has 0 bridgehead atoms. The first-order valence-electron chi connectivity index (χ1n) is 8.39. The third kappa shape index (κ3) is 3.94. The number of likely N-dealkylation sites (N-methyl/N-ethyl adjacent to an activating group) is 1. The average Bonchev–Trinajstić information content (AvgIpc) is 3.08. The van der Waals surface area contributed by atoms with Gasteiger partial charge in [-0.05, 0) is 19.0 Å². The number of aryl methyl sites for hydroxylation is 1. The normalized spacial score (nSPS) is 18.6. The van der Waals surface area contributed by atoms with E-state index in [-0.39, 0.29) is 12.1 Å². The van der Waals surface area contributed by atoms with Crippen molar-refractivity contribution in [1.82, 2.24) is 20.1 Å². The van der Waals surface area contributed by atoms with Gasteiger partial charge in [0.2, 0.25) is 0 Å². The van der Waals surface area contributed by atoms with E-state index in [0.29, 0.717) is 6.54 Å². The van der Waals surface area contributed by atoms with Crippen LogP contribution in [0.5, 0.6) is 0 Å². The van der Waals surface area contributed by atoms with Crippen LogP contribution in [0.2, 0.25) is 0 Å². The van der Waals surface area contributed by atoms with Crippen LogP contribution in [0.3, 0.4) is 0 Å². The fraction of sp³-hybridized carbons (Fsp3) is 0.444. The Morgan fingerprint density at radius 3 is 2.83 bits per heavy atom. The first-order chi connectivity index (χ1) is 11.7. The van der Waals surface area contributed by atoms with Crippen LogP contribution in [0.15, 0.2) is 36.5 Å². The summed E-state index contributed by atoms with van der Waals surface area (Å²) in [4.78, 5) is 22.6. The number of thiazole rings is 1. The molecule has 0 aliphatic carbocycles. The molecule has 1 aromatic heterocycles. The number of benzene rings is 1. The summed E-state index contributed by atoms with van der Waals surface area (Å²) >= 11 is 1.67. The SMILES string of the molecule is CCc1cnc(CNC(=O)N2CCN(C)CC2c2ccccc2)s1. The lowest BCUT2D eigenvalue weighted by Crippen LogP contribution is -2.52. The highest BCUT2D eigenvalue weighted by atomic mass is 32.1. The number of hydrogen-bond acceptors (Lipinski definition) is 4. The standard InChI is InChI=1S/C18H24N4OS/c1-3-15-11-19-17(24-15)12-20-18(23)22-10-9-21(2)13-16(22)14-7-5-4-6-8-14/h4-8,11,16H,3,9-10,12-13H2,1-2H3,(H,20,23). The molecule has 3 rings (SSSR count). The quantitative estimate of drug-likeness (QED) is 0.928. The van der Waals surface area contributed by atoms with Gasteiger partial charge in [0.15, 0.2) is 0 Å². The fourth-order valence-corrected chi connectivity index (χ4v) is 3.77. The van der Waals surface area contributed by atoms with E-state index in [0.717, 1.165) is 31.1 Å². The van der Waals surface area contributed by atoms with Crippen LogP contribution in [-0.4, -0.2) is 47.5 Å². The molecule has 1 aliphatic heterocycles. The van der Waals surface area contributed by atoms with Crippen LogP contribution >= 0.6 is 11.3 Å². The van der Waals surface area contributed by atoms with E-state index < -0.39 is 0 Å². The maximum Gasteiger partial charge on any atom is 0.318 e. The van der Waals surface area contributed by atoms with Gasteiger partial charge in [-0.1, -0.05) is 37.3 Å². The Labute approximate surface area is 147 Å². The molecule has 24 heavy (non-hydrogen) atoms. The van der Waals surface area contributed by atoms with Crippen molar-refractivity contribution in [3.63, 3.8) is 0 Å². The van der Waals surface area contributed by atoms with E-state index in [2.05, 4.69) is 41.3 Å². The van der Waals surface area contributed by atoms with Gasteiger partial charge in [0.25, 0.3) is 0 Å². The van der Waals surface area contributed by atoms with Crippen molar-refractivity contribution in [3.05, 3.63) is 52.0 Å². The molecule has 2 heterocycles. The second kappa shape index (κ2) is 7.77. The molecule has 2 aromatic rings. The summed E-state index contributed by atoms with van der Waals surface area (Å²) in [5, 5.41) is 4.00. The maximum absolute atomic E-state index is 12.7. The highest BCUT2D eigenvalue weighted by Gasteiger charge is 2.30. The van der Waals surface area contributed by atoms with E-state index in [1.54, 1.807) is 11.3 Å². The minimum atomic E-state index is -0.00907. The summed E-state index contributed by atoms with van der Waals surface area (Å²) in [6.45, 7) is 5.10. The number of hydrogen-bond donors (Lipinski definition) is 1. The molecule has 1 aromatic carbocycles. The van der Waals surface area contributed by atoms with Crippen molar-refractivity contribution in [1.29, 1.82) is 0 Å². The van der Waals surface area contributed by atoms with Crippen molar-refractivity contribution in [2.24, 2.45) is 0 Å². The van der Waals surface area contributed by atoms with E-state index in [1.807, 2.05) is 29.3 Å². The van der Waals surface area contributed by atoms with E-state index >= 15 is 0 Å². The van der Waals surface area contributed by atoms with Crippen LogP contribution in [0.1, 0.15) is 28.4 Å². The molecule has 5 nitrogen and oxygen atoms in total. The van der Waals surface area contributed by atoms with Crippen molar-refractivity contribution in [2.75, 3.05) is 26.7 Å². The van der Waals surface area contributed by atoms with Crippen LogP contribution in [0.4, 0.5) is 4.79 Å². The number of piperazine rings is 1. The molecule has 0 spiro atoms. The molecule has 2 amide bonds. The monoisotopic (exact) mass is 344 g/mol. The molecule has 1 atom stereocenters. The van der Waals surface area contributed by atoms with Gasteiger partial charge >= 0.3 is 6.03 Å². The Kier molecular flexibility index (Phi) is 5.48. The number of rotatable bonds is 4. The zero-order valence-electron chi connectivity index (χ0n) is 14.2. The van der Waals surface area contributed by atoms with Gasteiger partial charge in [-0.15, -0.1) is 11.3 Å². The number of carbonyl (C=O) groups excluding carboxylic acids is 1. The van der Waals surface area contributed by atoms with Crippen LogP contribution in [-0.2, 0) is 13.0 Å². The molecule has 0 radical (unpaired) electrons. The van der Waals surface area contributed by atoms with Gasteiger partial charge in [0, 0.05) is 30.7 Å². The summed E-state index contributed by atoms with van der Waals surface area (Å²) in [5.41, 5.74) is 1.18. The molecule has 1 N–H and O–H groups in total. The topological polar surface area (TPSA) is 48.5 Å². The average molecular weight is 344 g/mol. The first kappa shape index (κ1) is 16.9. The van der Waals surface area contributed by atoms with E-state index in [4.69, 9.17) is 0 Å². The number of aromatic nitrogens is 1. The fourth-order valence-electron chi connectivity index (χ4n) is 2.97. The lowest BCUT2D eigenvalue weighted by molar-refractivity contribution is 0.108. The smallest absolute Gasteiger partial charge is 0.318 e. The summed E-state index contributed by atoms with van der Waals surface area (Å²) in [6, 6.07) is 10.3. The zero-order valence-corrected chi connectivity index (χ0v) is 15.1. The third-order valence-electron chi connectivity index (χ3n) is 4.37. The highest BCUT2D eigenvalue weighted by Crippen LogP contribution is 2.25. The first-order valence-corrected chi connectivity index (χ1v) is 9.20. The Balaban J connectivity index is 1.67. The number of nitrogens with one attached hydrogen (secondary N) is 1. The molecule has 128 valence electrons. The van der Waals surface area contributed by atoms with Crippen molar-refractivity contribution in [2.45, 2.75) is 25.9 Å². The largest absolute Gasteiger partial charge is 0.331 e. The van der Waals surface area contributed by atoms with Crippen LogP contribution in [0.25, 0.3) is 0 Å². The number of urea groups is 1. The lowest BCUT2D eigenvalue weighted by atomic mass is 10.0. The maximum atomic E-state index is 12.7. The van der Waals surface area contributed by atoms with Crippen molar-refractivity contribution < 1.29 is 4.79 Å². The minimum Gasteiger partial charge on any atom is -0.331 e. The van der Waals surface area contributed by atoms with Crippen molar-refractivity contribution in [3.8, 4) is 0 Å². The van der Waals surface area contributed by atoms with E-state index in [1.165, 1.54) is 10.4 Å². The predicted octanol–water partition coefficient (Wildman–Crippen LogP) is 2.90. The van der Waals surface area contributed by atoms with Crippen molar-refractivity contribution >= 4 is 17.4 Å². The molecule has 1 fully saturated rings. The highest BCUT2D eigenvalue weighted by molar-refractivity contribution is 7.11. The Morgan fingerprint density at radius 2 is 2.12 bits per heavy atom. The molecular weight excluding hydrogens is 320 g/mol. The molecule has 1 unspecified atom stereocenters. The van der Waals surface area contributed by atoms with Gasteiger partial charge in [-0.2, -0.15) is 0 Å². The second-order valence-electron chi connectivity index (χ2n) is 6.11. The van der Waals surface area contributed by atoms with E-state index in [9.17, 15) is 4.79 Å². The molecule has 1 saturated heterocycles. The van der Waals surface area contributed by atoms with Crippen LogP contribution < -0.4 is 5.32 Å². The molecule has 0 saturated carbocycles. The summed E-state index contributed by atoms with van der Waals surface area (Å²) in [6.07, 6.45) is 2.88. The Morgan fingerprint density at radius 1 is 1.33 bits per heavy atom. The third-order valence-corrected chi connectivity index (χ3v) is 5.51. The van der Waals surface area contributed by atoms with Gasteiger partial charge in [-0.3, -0.25) is 0 Å². The Hall–Kier alpha value is -1.92. The second-order valence-corrected chi connectivity index (χ2v) is 7.31. The number of nitrogens with zero attached hydrogens (tertiary/aromatic N) is 3. The number of amides is 2. The predicted molar refractivity (Wildman–Crippen MR) is 97.1 cm³/mol. The Bertz CT molecular complexity index is 673. The lowest BCUT2D eigenvalue weighted by Gasteiger charge is -2.40. The number of carbonyl (C=O) groups is 1. The molecule has 1 aliphatic rings. The van der Waals surface area contributed by atoms with Gasteiger partial charge in [-0.25, -0.2) is 9.78 Å². The zero-order chi connectivity index (χ0) is 16.9. The molecular formula is C18H24N4OS. The summed E-state index contributed by atoms with van der Waals surface area (Å²) in [7, 11) is 2.10. The van der Waals surface area contributed by atoms with Gasteiger partial charge in [0.1, 0.15) is 5.01 Å². The summed E-state index contributed by atoms with van der Waals surface area (Å²) in [5.74, 6) is 0.